The summed E-state index contributed by atoms with van der Waals surface area (Å²) in [6.07, 6.45) is 3.49. The topological polar surface area (TPSA) is 64.0 Å². The van der Waals surface area contributed by atoms with Gasteiger partial charge in [-0.2, -0.15) is 5.10 Å². The lowest BCUT2D eigenvalue weighted by Gasteiger charge is -2.27. The van der Waals surface area contributed by atoms with Crippen LogP contribution in [0, 0.1) is 17.7 Å². The number of aromatic nitrogens is 2. The van der Waals surface area contributed by atoms with E-state index >= 15 is 0 Å². The van der Waals surface area contributed by atoms with Crippen LogP contribution in [-0.4, -0.2) is 21.5 Å². The highest BCUT2D eigenvalue weighted by molar-refractivity contribution is 6.33. The van der Waals surface area contributed by atoms with Crippen molar-refractivity contribution in [1.82, 2.24) is 9.78 Å². The van der Waals surface area contributed by atoms with Crippen LogP contribution in [-0.2, 0) is 11.8 Å². The van der Waals surface area contributed by atoms with Crippen LogP contribution >= 0.6 is 11.6 Å². The van der Waals surface area contributed by atoms with E-state index in [1.165, 1.54) is 18.2 Å². The molecule has 1 aromatic heterocycles. The fraction of sp³-hybridized carbons (Fsp3) is 0.348. The first kappa shape index (κ1) is 20.5. The Labute approximate surface area is 179 Å². The summed E-state index contributed by atoms with van der Waals surface area (Å²) in [5.41, 5.74) is 1.89. The zero-order chi connectivity index (χ0) is 21.3. The van der Waals surface area contributed by atoms with Crippen LogP contribution in [0.4, 0.5) is 10.1 Å². The first-order valence-electron chi connectivity index (χ1n) is 10.1. The van der Waals surface area contributed by atoms with Gasteiger partial charge in [-0.15, -0.1) is 0 Å². The van der Waals surface area contributed by atoms with Crippen molar-refractivity contribution >= 4 is 39.9 Å². The number of aryl methyl sites for hydroxylation is 1. The van der Waals surface area contributed by atoms with Crippen molar-refractivity contribution in [2.24, 2.45) is 18.9 Å². The lowest BCUT2D eigenvalue weighted by atomic mass is 9.79. The second-order valence-corrected chi connectivity index (χ2v) is 8.35. The monoisotopic (exact) mass is 427 g/mol. The number of Topliss-reactive ketones (excluding diaryl/α,β-unsaturated/α-hetero) is 1. The SMILES string of the molecule is Cn1nc(C(=O)CC2CCC(C(=O)Nc3ccc(F)cc3Cl)CC2)c2ccccc21. The minimum Gasteiger partial charge on any atom is -0.325 e. The molecule has 0 spiro atoms. The maximum Gasteiger partial charge on any atom is 0.227 e. The van der Waals surface area contributed by atoms with Crippen molar-refractivity contribution < 1.29 is 14.0 Å². The lowest BCUT2D eigenvalue weighted by molar-refractivity contribution is -0.121. The summed E-state index contributed by atoms with van der Waals surface area (Å²) in [6.45, 7) is 0. The van der Waals surface area contributed by atoms with Gasteiger partial charge in [-0.05, 0) is 55.9 Å². The summed E-state index contributed by atoms with van der Waals surface area (Å²) in [4.78, 5) is 25.4. The Balaban J connectivity index is 1.34. The van der Waals surface area contributed by atoms with Gasteiger partial charge in [-0.1, -0.05) is 29.8 Å². The fourth-order valence-electron chi connectivity index (χ4n) is 4.23. The first-order valence-corrected chi connectivity index (χ1v) is 10.5. The molecule has 1 heterocycles. The Morgan fingerprint density at radius 2 is 1.90 bits per heavy atom. The van der Waals surface area contributed by atoms with E-state index in [1.807, 2.05) is 31.3 Å². The Kier molecular flexibility index (Phi) is 5.86. The van der Waals surface area contributed by atoms with Crippen LogP contribution < -0.4 is 5.32 Å². The number of para-hydroxylation sites is 1. The molecule has 0 unspecified atom stereocenters. The molecule has 1 fully saturated rings. The van der Waals surface area contributed by atoms with Gasteiger partial charge in [0.25, 0.3) is 0 Å². The molecule has 1 amide bonds. The number of nitrogens with zero attached hydrogens (tertiary/aromatic N) is 2. The predicted octanol–water partition coefficient (Wildman–Crippen LogP) is 5.38. The van der Waals surface area contributed by atoms with Crippen molar-refractivity contribution in [3.8, 4) is 0 Å². The number of ketones is 1. The molecule has 1 aliphatic carbocycles. The van der Waals surface area contributed by atoms with Crippen LogP contribution in [0.15, 0.2) is 42.5 Å². The zero-order valence-corrected chi connectivity index (χ0v) is 17.5. The van der Waals surface area contributed by atoms with Gasteiger partial charge in [-0.25, -0.2) is 4.39 Å². The average Bonchev–Trinajstić information content (AvgIpc) is 3.08. The van der Waals surface area contributed by atoms with Crippen molar-refractivity contribution in [1.29, 1.82) is 0 Å². The maximum absolute atomic E-state index is 13.2. The number of carbonyl (C=O) groups is 2. The highest BCUT2D eigenvalue weighted by atomic mass is 35.5. The molecule has 156 valence electrons. The number of benzene rings is 2. The van der Waals surface area contributed by atoms with Gasteiger partial charge < -0.3 is 5.32 Å². The van der Waals surface area contributed by atoms with Gasteiger partial charge in [-0.3, -0.25) is 14.3 Å². The molecule has 7 heteroatoms. The molecular weight excluding hydrogens is 405 g/mol. The van der Waals surface area contributed by atoms with E-state index in [2.05, 4.69) is 10.4 Å². The van der Waals surface area contributed by atoms with Crippen molar-refractivity contribution in [3.63, 3.8) is 0 Å². The first-order chi connectivity index (χ1) is 14.4. The van der Waals surface area contributed by atoms with Crippen LogP contribution in [0.5, 0.6) is 0 Å². The third-order valence-corrected chi connectivity index (χ3v) is 6.22. The summed E-state index contributed by atoms with van der Waals surface area (Å²) in [7, 11) is 1.84. The molecule has 1 aliphatic rings. The highest BCUT2D eigenvalue weighted by Gasteiger charge is 2.29. The van der Waals surface area contributed by atoms with Gasteiger partial charge >= 0.3 is 0 Å². The molecule has 5 nitrogen and oxygen atoms in total. The summed E-state index contributed by atoms with van der Waals surface area (Å²) >= 11 is 5.99. The number of anilines is 1. The standard InChI is InChI=1S/C23H23ClFN3O2/c1-28-20-5-3-2-4-17(20)22(27-28)21(29)12-14-6-8-15(9-7-14)23(30)26-19-11-10-16(25)13-18(19)24/h2-5,10-11,13-15H,6-9,12H2,1H3,(H,26,30). The third kappa shape index (κ3) is 4.24. The van der Waals surface area contributed by atoms with Gasteiger partial charge in [0.1, 0.15) is 11.5 Å². The van der Waals surface area contributed by atoms with Crippen LogP contribution in [0.1, 0.15) is 42.6 Å². The number of fused-ring (bicyclic) bond motifs is 1. The van der Waals surface area contributed by atoms with Crippen molar-refractivity contribution in [2.75, 3.05) is 5.32 Å². The Morgan fingerprint density at radius 3 is 2.63 bits per heavy atom. The molecule has 30 heavy (non-hydrogen) atoms. The third-order valence-electron chi connectivity index (χ3n) is 5.90. The Hall–Kier alpha value is -2.73. The normalized spacial score (nSPS) is 19.0. The zero-order valence-electron chi connectivity index (χ0n) is 16.7. The smallest absolute Gasteiger partial charge is 0.227 e. The van der Waals surface area contributed by atoms with Gasteiger partial charge in [0.2, 0.25) is 5.91 Å². The summed E-state index contributed by atoms with van der Waals surface area (Å²) in [6, 6.07) is 11.7. The van der Waals surface area contributed by atoms with Crippen LogP contribution in [0.2, 0.25) is 5.02 Å². The molecular formula is C23H23ClFN3O2. The molecule has 0 atom stereocenters. The van der Waals surface area contributed by atoms with E-state index in [4.69, 9.17) is 11.6 Å². The van der Waals surface area contributed by atoms with E-state index in [0.29, 0.717) is 30.6 Å². The summed E-state index contributed by atoms with van der Waals surface area (Å²) in [5.74, 6) is -0.379. The molecule has 3 aromatic rings. The highest BCUT2D eigenvalue weighted by Crippen LogP contribution is 2.33. The second-order valence-electron chi connectivity index (χ2n) is 7.95. The Morgan fingerprint density at radius 1 is 1.17 bits per heavy atom. The minimum absolute atomic E-state index is 0.0535. The van der Waals surface area contributed by atoms with Gasteiger partial charge in [0.05, 0.1) is 16.2 Å². The molecule has 1 N–H and O–H groups in total. The number of hydrogen-bond donors (Lipinski definition) is 1. The van der Waals surface area contributed by atoms with Crippen molar-refractivity contribution in [3.05, 3.63) is 59.0 Å². The average molecular weight is 428 g/mol. The number of rotatable bonds is 5. The number of nitrogens with one attached hydrogen (secondary N) is 1. The van der Waals surface area contributed by atoms with Crippen LogP contribution in [0.3, 0.4) is 0 Å². The van der Waals surface area contributed by atoms with Crippen LogP contribution in [0.25, 0.3) is 10.9 Å². The largest absolute Gasteiger partial charge is 0.325 e. The molecule has 0 bridgehead atoms. The van der Waals surface area contributed by atoms with E-state index in [1.54, 1.807) is 4.68 Å². The number of hydrogen-bond acceptors (Lipinski definition) is 3. The van der Waals surface area contributed by atoms with Gasteiger partial charge in [0, 0.05) is 24.8 Å². The minimum atomic E-state index is -0.441. The van der Waals surface area contributed by atoms with Crippen molar-refractivity contribution in [2.45, 2.75) is 32.1 Å². The fourth-order valence-corrected chi connectivity index (χ4v) is 4.45. The number of amides is 1. The molecule has 2 aromatic carbocycles. The molecule has 0 saturated heterocycles. The molecule has 1 saturated carbocycles. The van der Waals surface area contributed by atoms with Gasteiger partial charge in [0.15, 0.2) is 5.78 Å². The summed E-state index contributed by atoms with van der Waals surface area (Å²) < 4.78 is 14.9. The van der Waals surface area contributed by atoms with E-state index < -0.39 is 5.82 Å². The predicted molar refractivity (Wildman–Crippen MR) is 115 cm³/mol. The lowest BCUT2D eigenvalue weighted by Crippen LogP contribution is -2.28. The summed E-state index contributed by atoms with van der Waals surface area (Å²) in [5, 5.41) is 8.29. The number of carbonyl (C=O) groups excluding carboxylic acids is 2. The van der Waals surface area contributed by atoms with E-state index in [0.717, 1.165) is 23.7 Å². The van der Waals surface area contributed by atoms with E-state index in [-0.39, 0.29) is 28.5 Å². The molecule has 4 rings (SSSR count). The molecule has 0 aliphatic heterocycles. The quantitative estimate of drug-likeness (QED) is 0.555. The second kappa shape index (κ2) is 8.56. The number of halogens is 2. The Bertz CT molecular complexity index is 1100. The maximum atomic E-state index is 13.2. The van der Waals surface area contributed by atoms with E-state index in [9.17, 15) is 14.0 Å². The molecule has 0 radical (unpaired) electrons.